The molecule has 23 heavy (non-hydrogen) atoms. The lowest BCUT2D eigenvalue weighted by molar-refractivity contribution is -0.121. The summed E-state index contributed by atoms with van der Waals surface area (Å²) in [5.74, 6) is -0.321. The van der Waals surface area contributed by atoms with Crippen LogP contribution < -0.4 is 5.32 Å². The van der Waals surface area contributed by atoms with Crippen LogP contribution in [0.2, 0.25) is 0 Å². The summed E-state index contributed by atoms with van der Waals surface area (Å²) in [5.41, 5.74) is 3.40. The molecule has 0 aliphatic heterocycles. The van der Waals surface area contributed by atoms with E-state index in [0.29, 0.717) is 25.1 Å². The third kappa shape index (κ3) is 5.14. The van der Waals surface area contributed by atoms with Crippen molar-refractivity contribution in [3.05, 3.63) is 70.8 Å². The van der Waals surface area contributed by atoms with Crippen molar-refractivity contribution in [3.63, 3.8) is 0 Å². The van der Waals surface area contributed by atoms with Gasteiger partial charge in [-0.2, -0.15) is 12.6 Å². The smallest absolute Gasteiger partial charge is 0.335 e. The summed E-state index contributed by atoms with van der Waals surface area (Å²) in [6.45, 7) is 0.396. The number of hydrogen-bond donors (Lipinski definition) is 3. The van der Waals surface area contributed by atoms with E-state index in [2.05, 4.69) is 17.9 Å². The van der Waals surface area contributed by atoms with Crippen LogP contribution in [0.5, 0.6) is 0 Å². The number of carbonyl (C=O) groups excluding carboxylic acids is 1. The van der Waals surface area contributed by atoms with E-state index in [1.807, 2.05) is 24.3 Å². The number of rotatable bonds is 7. The van der Waals surface area contributed by atoms with Gasteiger partial charge in [0.15, 0.2) is 0 Å². The zero-order valence-corrected chi connectivity index (χ0v) is 13.6. The molecule has 0 spiro atoms. The summed E-state index contributed by atoms with van der Waals surface area (Å²) in [6, 6.07) is 14.5. The van der Waals surface area contributed by atoms with Crippen LogP contribution in [-0.4, -0.2) is 17.0 Å². The van der Waals surface area contributed by atoms with Gasteiger partial charge in [0.2, 0.25) is 5.91 Å². The van der Waals surface area contributed by atoms with Gasteiger partial charge in [0, 0.05) is 18.7 Å². The standard InChI is InChI=1S/C18H19NO3S/c20-17(10-9-14-3-1-2-4-16(14)12-23)19-11-13-5-7-15(8-6-13)18(21)22/h1-8,23H,9-12H2,(H,19,20)(H,21,22). The van der Waals surface area contributed by atoms with E-state index in [1.54, 1.807) is 12.1 Å². The van der Waals surface area contributed by atoms with Gasteiger partial charge in [-0.15, -0.1) is 0 Å². The van der Waals surface area contributed by atoms with Crippen LogP contribution in [0.15, 0.2) is 48.5 Å². The summed E-state index contributed by atoms with van der Waals surface area (Å²) in [4.78, 5) is 22.7. The van der Waals surface area contributed by atoms with Crippen molar-refractivity contribution < 1.29 is 14.7 Å². The van der Waals surface area contributed by atoms with Gasteiger partial charge in [0.05, 0.1) is 5.56 Å². The van der Waals surface area contributed by atoms with E-state index in [4.69, 9.17) is 5.11 Å². The fourth-order valence-corrected chi connectivity index (χ4v) is 2.57. The molecule has 0 fully saturated rings. The second kappa shape index (κ2) is 8.39. The average Bonchev–Trinajstić information content (AvgIpc) is 2.58. The highest BCUT2D eigenvalue weighted by molar-refractivity contribution is 7.79. The molecule has 0 radical (unpaired) electrons. The minimum atomic E-state index is -0.955. The highest BCUT2D eigenvalue weighted by Crippen LogP contribution is 2.13. The van der Waals surface area contributed by atoms with Crippen molar-refractivity contribution >= 4 is 24.5 Å². The van der Waals surface area contributed by atoms with Gasteiger partial charge in [0.1, 0.15) is 0 Å². The Kier molecular flexibility index (Phi) is 6.23. The Balaban J connectivity index is 1.82. The Hall–Kier alpha value is -2.27. The van der Waals surface area contributed by atoms with Crippen molar-refractivity contribution in [2.75, 3.05) is 0 Å². The van der Waals surface area contributed by atoms with Gasteiger partial charge in [-0.3, -0.25) is 4.79 Å². The second-order valence-electron chi connectivity index (χ2n) is 5.21. The van der Waals surface area contributed by atoms with Crippen LogP contribution in [0.1, 0.15) is 33.5 Å². The predicted molar refractivity (Wildman–Crippen MR) is 92.7 cm³/mol. The summed E-state index contributed by atoms with van der Waals surface area (Å²) < 4.78 is 0. The van der Waals surface area contributed by atoms with E-state index >= 15 is 0 Å². The SMILES string of the molecule is O=C(CCc1ccccc1CS)NCc1ccc(C(=O)O)cc1. The molecule has 120 valence electrons. The van der Waals surface area contributed by atoms with E-state index < -0.39 is 5.97 Å². The van der Waals surface area contributed by atoms with Crippen molar-refractivity contribution in [1.82, 2.24) is 5.32 Å². The zero-order chi connectivity index (χ0) is 16.7. The summed E-state index contributed by atoms with van der Waals surface area (Å²) in [7, 11) is 0. The first-order valence-corrected chi connectivity index (χ1v) is 8.00. The third-order valence-electron chi connectivity index (χ3n) is 3.60. The van der Waals surface area contributed by atoms with Crippen LogP contribution >= 0.6 is 12.6 Å². The van der Waals surface area contributed by atoms with Crippen LogP contribution in [0, 0.1) is 0 Å². The van der Waals surface area contributed by atoms with E-state index in [-0.39, 0.29) is 11.5 Å². The number of carboxylic acids is 1. The Morgan fingerprint density at radius 1 is 1.00 bits per heavy atom. The Labute approximate surface area is 141 Å². The van der Waals surface area contributed by atoms with E-state index in [0.717, 1.165) is 16.7 Å². The summed E-state index contributed by atoms with van der Waals surface area (Å²) >= 11 is 4.29. The van der Waals surface area contributed by atoms with Gasteiger partial charge < -0.3 is 10.4 Å². The molecule has 0 saturated heterocycles. The normalized spacial score (nSPS) is 10.3. The maximum Gasteiger partial charge on any atom is 0.335 e. The summed E-state index contributed by atoms with van der Waals surface area (Å²) in [5, 5.41) is 11.7. The highest BCUT2D eigenvalue weighted by Gasteiger charge is 2.06. The number of thiol groups is 1. The van der Waals surface area contributed by atoms with Crippen molar-refractivity contribution in [3.8, 4) is 0 Å². The van der Waals surface area contributed by atoms with Gasteiger partial charge >= 0.3 is 5.97 Å². The number of carboxylic acid groups (broad SMARTS) is 1. The summed E-state index contributed by atoms with van der Waals surface area (Å²) in [6.07, 6.45) is 1.10. The monoisotopic (exact) mass is 329 g/mol. The number of benzene rings is 2. The average molecular weight is 329 g/mol. The Bertz CT molecular complexity index is 683. The lowest BCUT2D eigenvalue weighted by atomic mass is 10.0. The molecule has 2 rings (SSSR count). The topological polar surface area (TPSA) is 66.4 Å². The van der Waals surface area contributed by atoms with Gasteiger partial charge in [0.25, 0.3) is 0 Å². The molecule has 2 N–H and O–H groups in total. The number of aromatic carboxylic acids is 1. The largest absolute Gasteiger partial charge is 0.478 e. The highest BCUT2D eigenvalue weighted by atomic mass is 32.1. The Morgan fingerprint density at radius 3 is 2.26 bits per heavy atom. The first-order valence-electron chi connectivity index (χ1n) is 7.36. The first-order chi connectivity index (χ1) is 11.1. The third-order valence-corrected chi connectivity index (χ3v) is 3.94. The van der Waals surface area contributed by atoms with Crippen LogP contribution in [0.25, 0.3) is 0 Å². The fraction of sp³-hybridized carbons (Fsp3) is 0.222. The number of nitrogens with one attached hydrogen (secondary N) is 1. The predicted octanol–water partition coefficient (Wildman–Crippen LogP) is 3.06. The van der Waals surface area contributed by atoms with Gasteiger partial charge in [-0.05, 0) is 35.2 Å². The lowest BCUT2D eigenvalue weighted by Gasteiger charge is -2.08. The Morgan fingerprint density at radius 2 is 1.65 bits per heavy atom. The fourth-order valence-electron chi connectivity index (χ4n) is 2.26. The molecule has 0 aliphatic rings. The van der Waals surface area contributed by atoms with Crippen LogP contribution in [0.3, 0.4) is 0 Å². The molecule has 0 atom stereocenters. The van der Waals surface area contributed by atoms with Crippen molar-refractivity contribution in [2.24, 2.45) is 0 Å². The van der Waals surface area contributed by atoms with Crippen molar-refractivity contribution in [2.45, 2.75) is 25.1 Å². The molecular weight excluding hydrogens is 310 g/mol. The molecule has 0 heterocycles. The first kappa shape index (κ1) is 17.1. The molecule has 5 heteroatoms. The number of aryl methyl sites for hydroxylation is 1. The number of amides is 1. The van der Waals surface area contributed by atoms with E-state index in [1.165, 1.54) is 12.1 Å². The molecule has 2 aromatic carbocycles. The molecule has 0 aliphatic carbocycles. The molecule has 0 unspecified atom stereocenters. The molecule has 0 aromatic heterocycles. The molecular formula is C18H19NO3S. The van der Waals surface area contributed by atoms with E-state index in [9.17, 15) is 9.59 Å². The van der Waals surface area contributed by atoms with Crippen LogP contribution in [0.4, 0.5) is 0 Å². The minimum absolute atomic E-state index is 0.0266. The number of hydrogen-bond acceptors (Lipinski definition) is 3. The number of carbonyl (C=O) groups is 2. The van der Waals surface area contributed by atoms with Gasteiger partial charge in [-0.25, -0.2) is 4.79 Å². The minimum Gasteiger partial charge on any atom is -0.478 e. The molecule has 0 saturated carbocycles. The quantitative estimate of drug-likeness (QED) is 0.684. The second-order valence-corrected chi connectivity index (χ2v) is 5.52. The van der Waals surface area contributed by atoms with Crippen molar-refractivity contribution in [1.29, 1.82) is 0 Å². The molecule has 2 aromatic rings. The maximum atomic E-state index is 11.9. The molecule has 1 amide bonds. The lowest BCUT2D eigenvalue weighted by Crippen LogP contribution is -2.23. The zero-order valence-electron chi connectivity index (χ0n) is 12.7. The van der Waals surface area contributed by atoms with Gasteiger partial charge in [-0.1, -0.05) is 36.4 Å². The molecule has 0 bridgehead atoms. The molecule has 4 nitrogen and oxygen atoms in total. The van der Waals surface area contributed by atoms with Crippen LogP contribution in [-0.2, 0) is 23.5 Å². The maximum absolute atomic E-state index is 11.9.